The first-order chi connectivity index (χ1) is 9.15. The number of nitrogens with zero attached hydrogens (tertiary/aromatic N) is 4. The maximum absolute atomic E-state index is 5.33. The maximum atomic E-state index is 5.33. The average molecular weight is 260 g/mol. The Balaban J connectivity index is 2.43. The minimum atomic E-state index is 0.207. The van der Waals surface area contributed by atoms with Crippen LogP contribution in [0.25, 0.3) is 0 Å². The van der Waals surface area contributed by atoms with Crippen molar-refractivity contribution in [1.82, 2.24) is 15.0 Å². The van der Waals surface area contributed by atoms with Crippen LogP contribution < -0.4 is 20.9 Å². The average Bonchev–Trinajstić information content (AvgIpc) is 2.46. The van der Waals surface area contributed by atoms with E-state index in [1.807, 2.05) is 43.1 Å². The lowest BCUT2D eigenvalue weighted by Crippen LogP contribution is -2.18. The van der Waals surface area contributed by atoms with Gasteiger partial charge in [0, 0.05) is 12.7 Å². The van der Waals surface area contributed by atoms with Crippen LogP contribution in [0, 0.1) is 6.92 Å². The first kappa shape index (κ1) is 13.0. The Bertz CT molecular complexity index is 552. The van der Waals surface area contributed by atoms with Gasteiger partial charge in [-0.2, -0.15) is 15.0 Å². The lowest BCUT2D eigenvalue weighted by atomic mass is 10.2. The number of aryl methyl sites for hydroxylation is 1. The van der Waals surface area contributed by atoms with Crippen LogP contribution in [-0.2, 0) is 0 Å². The van der Waals surface area contributed by atoms with Crippen molar-refractivity contribution in [3.05, 3.63) is 29.8 Å². The quantitative estimate of drug-likeness (QED) is 0.631. The second kappa shape index (κ2) is 5.49. The van der Waals surface area contributed by atoms with Crippen LogP contribution in [0.4, 0.5) is 17.6 Å². The van der Waals surface area contributed by atoms with Crippen molar-refractivity contribution in [3.63, 3.8) is 0 Å². The first-order valence-corrected chi connectivity index (χ1v) is 5.71. The van der Waals surface area contributed by atoms with E-state index in [-0.39, 0.29) is 12.0 Å². The molecule has 0 aliphatic carbocycles. The van der Waals surface area contributed by atoms with Crippen LogP contribution in [0.3, 0.4) is 0 Å². The number of hydrogen-bond acceptors (Lipinski definition) is 7. The highest BCUT2D eigenvalue weighted by Crippen LogP contribution is 2.25. The van der Waals surface area contributed by atoms with E-state index in [9.17, 15) is 0 Å². The number of methoxy groups -OCH3 is 1. The molecule has 0 aliphatic heterocycles. The van der Waals surface area contributed by atoms with E-state index >= 15 is 0 Å². The number of ether oxygens (including phenoxy) is 1. The number of nitrogens with one attached hydrogen (secondary N) is 1. The van der Waals surface area contributed by atoms with Gasteiger partial charge in [0.2, 0.25) is 11.9 Å². The molecule has 1 aromatic heterocycles. The molecule has 7 heteroatoms. The van der Waals surface area contributed by atoms with E-state index in [1.54, 1.807) is 0 Å². The predicted molar refractivity (Wildman–Crippen MR) is 73.4 cm³/mol. The third-order valence-corrected chi connectivity index (χ3v) is 2.69. The minimum Gasteiger partial charge on any atom is -0.467 e. The molecule has 100 valence electrons. The molecule has 19 heavy (non-hydrogen) atoms. The summed E-state index contributed by atoms with van der Waals surface area (Å²) in [5.41, 5.74) is 4.51. The summed E-state index contributed by atoms with van der Waals surface area (Å²) in [6, 6.07) is 8.15. The number of aromatic nitrogens is 3. The first-order valence-electron chi connectivity index (χ1n) is 5.71. The van der Waals surface area contributed by atoms with Crippen molar-refractivity contribution in [1.29, 1.82) is 0 Å². The summed E-state index contributed by atoms with van der Waals surface area (Å²) in [6.07, 6.45) is 0. The highest BCUT2D eigenvalue weighted by atomic mass is 16.5. The van der Waals surface area contributed by atoms with E-state index in [2.05, 4.69) is 20.4 Å². The molecule has 0 fully saturated rings. The molecule has 0 unspecified atom stereocenters. The molecule has 7 nitrogen and oxygen atoms in total. The highest BCUT2D eigenvalue weighted by molar-refractivity contribution is 5.61. The van der Waals surface area contributed by atoms with Crippen molar-refractivity contribution in [2.24, 2.45) is 5.84 Å². The fourth-order valence-electron chi connectivity index (χ4n) is 1.70. The molecule has 3 N–H and O–H groups in total. The summed E-state index contributed by atoms with van der Waals surface area (Å²) in [7, 11) is 3.37. The molecule has 0 amide bonds. The lowest BCUT2D eigenvalue weighted by Gasteiger charge is -2.19. The number of nitrogen functional groups attached to an aromatic ring is 1. The molecule has 0 atom stereocenters. The van der Waals surface area contributed by atoms with Gasteiger partial charge < -0.3 is 9.64 Å². The summed E-state index contributed by atoms with van der Waals surface area (Å²) >= 11 is 0. The molecule has 0 aliphatic rings. The Morgan fingerprint density at radius 3 is 2.58 bits per heavy atom. The van der Waals surface area contributed by atoms with Gasteiger partial charge in [-0.25, -0.2) is 5.84 Å². The van der Waals surface area contributed by atoms with Crippen LogP contribution in [0.15, 0.2) is 24.3 Å². The lowest BCUT2D eigenvalue weighted by molar-refractivity contribution is 0.379. The molecule has 2 aromatic rings. The number of nitrogens with two attached hydrogens (primary N) is 1. The summed E-state index contributed by atoms with van der Waals surface area (Å²) in [5.74, 6) is 6.04. The van der Waals surface area contributed by atoms with Crippen LogP contribution in [-0.4, -0.2) is 29.1 Å². The van der Waals surface area contributed by atoms with Gasteiger partial charge in [0.05, 0.1) is 7.11 Å². The topological polar surface area (TPSA) is 89.2 Å². The molecule has 1 aromatic carbocycles. The molecule has 0 saturated heterocycles. The van der Waals surface area contributed by atoms with Crippen molar-refractivity contribution >= 4 is 17.6 Å². The SMILES string of the molecule is COc1nc(NN)nc(N(C)c2ccccc2C)n1. The van der Waals surface area contributed by atoms with Gasteiger partial charge in [-0.05, 0) is 18.6 Å². The molecule has 0 bridgehead atoms. The molecule has 0 spiro atoms. The number of para-hydroxylation sites is 1. The fourth-order valence-corrected chi connectivity index (χ4v) is 1.70. The van der Waals surface area contributed by atoms with Gasteiger partial charge in [0.1, 0.15) is 0 Å². The Morgan fingerprint density at radius 2 is 1.95 bits per heavy atom. The van der Waals surface area contributed by atoms with E-state index < -0.39 is 0 Å². The monoisotopic (exact) mass is 260 g/mol. The second-order valence-corrected chi connectivity index (χ2v) is 3.94. The molecule has 0 saturated carbocycles. The third-order valence-electron chi connectivity index (χ3n) is 2.69. The zero-order valence-electron chi connectivity index (χ0n) is 11.1. The van der Waals surface area contributed by atoms with Crippen molar-refractivity contribution in [2.75, 3.05) is 24.5 Å². The number of benzene rings is 1. The summed E-state index contributed by atoms with van der Waals surface area (Å²) in [4.78, 5) is 14.2. The van der Waals surface area contributed by atoms with Gasteiger partial charge in [-0.1, -0.05) is 18.2 Å². The van der Waals surface area contributed by atoms with Gasteiger partial charge in [0.15, 0.2) is 0 Å². The third kappa shape index (κ3) is 2.71. The van der Waals surface area contributed by atoms with Gasteiger partial charge in [-0.3, -0.25) is 5.43 Å². The summed E-state index contributed by atoms with van der Waals surface area (Å²) in [6.45, 7) is 2.02. The van der Waals surface area contributed by atoms with Crippen molar-refractivity contribution in [3.8, 4) is 6.01 Å². The van der Waals surface area contributed by atoms with E-state index in [0.29, 0.717) is 5.95 Å². The van der Waals surface area contributed by atoms with Crippen LogP contribution in [0.2, 0.25) is 0 Å². The largest absolute Gasteiger partial charge is 0.467 e. The smallest absolute Gasteiger partial charge is 0.322 e. The van der Waals surface area contributed by atoms with E-state index in [1.165, 1.54) is 7.11 Å². The maximum Gasteiger partial charge on any atom is 0.322 e. The molecule has 2 rings (SSSR count). The van der Waals surface area contributed by atoms with Crippen LogP contribution >= 0.6 is 0 Å². The van der Waals surface area contributed by atoms with Gasteiger partial charge in [-0.15, -0.1) is 0 Å². The van der Waals surface area contributed by atoms with Crippen LogP contribution in [0.1, 0.15) is 5.56 Å². The Morgan fingerprint density at radius 1 is 1.21 bits per heavy atom. The molecular weight excluding hydrogens is 244 g/mol. The Kier molecular flexibility index (Phi) is 3.76. The van der Waals surface area contributed by atoms with Crippen molar-refractivity contribution in [2.45, 2.75) is 6.92 Å². The predicted octanol–water partition coefficient (Wildman–Crippen LogP) is 1.24. The molecular formula is C12H16N6O. The van der Waals surface area contributed by atoms with Gasteiger partial charge >= 0.3 is 6.01 Å². The fraction of sp³-hybridized carbons (Fsp3) is 0.250. The van der Waals surface area contributed by atoms with E-state index in [4.69, 9.17) is 10.6 Å². The van der Waals surface area contributed by atoms with Crippen LogP contribution in [0.5, 0.6) is 6.01 Å². The zero-order valence-corrected chi connectivity index (χ0v) is 11.1. The summed E-state index contributed by atoms with van der Waals surface area (Å²) in [5, 5.41) is 0. The molecule has 0 radical (unpaired) electrons. The number of anilines is 3. The zero-order chi connectivity index (χ0) is 13.8. The van der Waals surface area contributed by atoms with E-state index in [0.717, 1.165) is 11.3 Å². The highest BCUT2D eigenvalue weighted by Gasteiger charge is 2.13. The Hall–Kier alpha value is -2.41. The van der Waals surface area contributed by atoms with Gasteiger partial charge in [0.25, 0.3) is 0 Å². The normalized spacial score (nSPS) is 10.1. The molecule has 1 heterocycles. The standard InChI is InChI=1S/C12H16N6O/c1-8-6-4-5-7-9(8)18(2)11-14-10(17-13)15-12(16-11)19-3/h4-7H,13H2,1-3H3,(H,14,15,16,17). The van der Waals surface area contributed by atoms with Crippen molar-refractivity contribution < 1.29 is 4.74 Å². The Labute approximate surface area is 111 Å². The number of hydrogen-bond donors (Lipinski definition) is 2. The second-order valence-electron chi connectivity index (χ2n) is 3.94. The number of hydrazine groups is 1. The summed E-state index contributed by atoms with van der Waals surface area (Å²) < 4.78 is 5.03. The number of rotatable bonds is 4. The minimum absolute atomic E-state index is 0.207.